The summed E-state index contributed by atoms with van der Waals surface area (Å²) in [6.07, 6.45) is 1.03. The van der Waals surface area contributed by atoms with E-state index in [9.17, 15) is 18.8 Å². The molecule has 0 spiro atoms. The van der Waals surface area contributed by atoms with E-state index in [1.807, 2.05) is 0 Å². The fraction of sp³-hybridized carbons (Fsp3) is 0.389. The largest absolute Gasteiger partial charge is 0.324 e. The minimum absolute atomic E-state index is 0.0808. The van der Waals surface area contributed by atoms with Crippen LogP contribution in [0.4, 0.5) is 13.6 Å². The molecule has 0 bridgehead atoms. The average molecular weight is 342 g/mol. The molecule has 0 aliphatic carbocycles. The Hall–Kier alpha value is -2.93. The fourth-order valence-electron chi connectivity index (χ4n) is 3.13. The van der Waals surface area contributed by atoms with Gasteiger partial charge in [-0.15, -0.1) is 0 Å². The molecule has 25 heavy (non-hydrogen) atoms. The van der Waals surface area contributed by atoms with Crippen LogP contribution < -0.4 is 0 Å². The molecule has 2 aliphatic heterocycles. The van der Waals surface area contributed by atoms with Crippen LogP contribution in [0, 0.1) is 40.2 Å². The quantitative estimate of drug-likeness (QED) is 0.737. The minimum atomic E-state index is -0.983. The predicted molar refractivity (Wildman–Crippen MR) is 85.8 cm³/mol. The summed E-state index contributed by atoms with van der Waals surface area (Å²) in [5.74, 6) is -2.01. The lowest BCUT2D eigenvalue weighted by molar-refractivity contribution is 0.106. The average Bonchev–Trinajstić information content (AvgIpc) is 2.58. The van der Waals surface area contributed by atoms with Gasteiger partial charge >= 0.3 is 6.03 Å². The summed E-state index contributed by atoms with van der Waals surface area (Å²) in [5.41, 5.74) is 1.55. The zero-order chi connectivity index (χ0) is 18.0. The molecular formula is C18H16F2N4O. The lowest BCUT2D eigenvalue weighted by Gasteiger charge is -2.40. The van der Waals surface area contributed by atoms with Crippen LogP contribution >= 0.6 is 0 Å². The highest BCUT2D eigenvalue weighted by atomic mass is 19.2. The highest BCUT2D eigenvalue weighted by Crippen LogP contribution is 2.28. The third kappa shape index (κ3) is 3.32. The number of hydrogen-bond donors (Lipinski definition) is 0. The highest BCUT2D eigenvalue weighted by Gasteiger charge is 2.34. The van der Waals surface area contributed by atoms with Crippen LogP contribution in [-0.2, 0) is 0 Å². The van der Waals surface area contributed by atoms with E-state index in [0.717, 1.165) is 17.7 Å². The second-order valence-corrected chi connectivity index (χ2v) is 6.22. The molecule has 1 aromatic rings. The summed E-state index contributed by atoms with van der Waals surface area (Å²) in [6.45, 7) is 1.87. The van der Waals surface area contributed by atoms with Crippen molar-refractivity contribution in [3.05, 3.63) is 41.0 Å². The number of carbonyl (C=O) groups is 1. The zero-order valence-electron chi connectivity index (χ0n) is 13.5. The molecule has 2 amide bonds. The summed E-state index contributed by atoms with van der Waals surface area (Å²) in [5, 5.41) is 18.2. The van der Waals surface area contributed by atoms with Gasteiger partial charge in [0.1, 0.15) is 0 Å². The van der Waals surface area contributed by atoms with Gasteiger partial charge in [0.15, 0.2) is 11.6 Å². The number of allylic oxidation sites excluding steroid dienone is 1. The number of piperidine rings is 1. The van der Waals surface area contributed by atoms with Crippen molar-refractivity contribution < 1.29 is 13.6 Å². The molecule has 5 nitrogen and oxygen atoms in total. The Balaban J connectivity index is 1.68. The van der Waals surface area contributed by atoms with Gasteiger partial charge in [0.25, 0.3) is 0 Å². The molecule has 0 atom stereocenters. The third-order valence-corrected chi connectivity index (χ3v) is 4.65. The summed E-state index contributed by atoms with van der Waals surface area (Å²) < 4.78 is 26.5. The van der Waals surface area contributed by atoms with Crippen LogP contribution in [0.25, 0.3) is 5.57 Å². The molecule has 0 saturated carbocycles. The third-order valence-electron chi connectivity index (χ3n) is 4.65. The number of likely N-dealkylation sites (tertiary alicyclic amines) is 2. The number of amides is 2. The molecule has 0 aromatic heterocycles. The topological polar surface area (TPSA) is 71.1 Å². The minimum Gasteiger partial charge on any atom is -0.324 e. The van der Waals surface area contributed by atoms with Gasteiger partial charge in [-0.2, -0.15) is 10.5 Å². The van der Waals surface area contributed by atoms with Crippen molar-refractivity contribution in [2.75, 3.05) is 26.2 Å². The predicted octanol–water partition coefficient (Wildman–Crippen LogP) is 2.91. The maximum Gasteiger partial charge on any atom is 0.320 e. The number of urea groups is 1. The maximum atomic E-state index is 13.4. The highest BCUT2D eigenvalue weighted by molar-refractivity contribution is 5.80. The van der Waals surface area contributed by atoms with Gasteiger partial charge in [-0.25, -0.2) is 13.6 Å². The molecule has 0 radical (unpaired) electrons. The van der Waals surface area contributed by atoms with Crippen molar-refractivity contribution in [2.24, 2.45) is 5.92 Å². The lowest BCUT2D eigenvalue weighted by Crippen LogP contribution is -2.55. The molecule has 7 heteroatoms. The molecule has 1 aromatic carbocycles. The number of hydrogen-bond acceptors (Lipinski definition) is 3. The number of halogens is 2. The number of rotatable bonds is 1. The maximum absolute atomic E-state index is 13.4. The number of nitriles is 2. The van der Waals surface area contributed by atoms with Crippen molar-refractivity contribution in [3.8, 4) is 12.1 Å². The molecule has 2 fully saturated rings. The number of carbonyl (C=O) groups excluding carboxylic acids is 1. The van der Waals surface area contributed by atoms with E-state index in [-0.39, 0.29) is 11.9 Å². The summed E-state index contributed by atoms with van der Waals surface area (Å²) in [4.78, 5) is 15.7. The molecule has 0 unspecified atom stereocenters. The molecule has 3 rings (SSSR count). The summed E-state index contributed by atoms with van der Waals surface area (Å²) >= 11 is 0. The normalized spacial score (nSPS) is 17.5. The van der Waals surface area contributed by atoms with E-state index in [1.54, 1.807) is 9.80 Å². The van der Waals surface area contributed by atoms with Crippen molar-refractivity contribution in [3.63, 3.8) is 0 Å². The standard InChI is InChI=1S/C18H16F2N4O/c19-16-2-1-14(7-17(16)20)15(9-22)13-3-5-23(6-4-13)18(25)24-10-12(8-21)11-24/h1-2,7,12H,3-6,10-11H2. The Morgan fingerprint density at radius 2 is 1.76 bits per heavy atom. The molecule has 2 heterocycles. The Bertz CT molecular complexity index is 805. The Morgan fingerprint density at radius 3 is 2.32 bits per heavy atom. The molecule has 2 aliphatic rings. The van der Waals surface area contributed by atoms with Gasteiger partial charge in [0.05, 0.1) is 23.6 Å². The lowest BCUT2D eigenvalue weighted by atomic mass is 9.93. The van der Waals surface area contributed by atoms with E-state index in [1.165, 1.54) is 6.07 Å². The van der Waals surface area contributed by atoms with E-state index in [0.29, 0.717) is 50.2 Å². The Labute approximate surface area is 144 Å². The van der Waals surface area contributed by atoms with E-state index >= 15 is 0 Å². The summed E-state index contributed by atoms with van der Waals surface area (Å²) in [7, 11) is 0. The van der Waals surface area contributed by atoms with Gasteiger partial charge in [-0.1, -0.05) is 6.07 Å². The molecular weight excluding hydrogens is 326 g/mol. The van der Waals surface area contributed by atoms with E-state index < -0.39 is 11.6 Å². The first-order chi connectivity index (χ1) is 12.0. The van der Waals surface area contributed by atoms with E-state index in [2.05, 4.69) is 12.1 Å². The van der Waals surface area contributed by atoms with Crippen molar-refractivity contribution in [1.82, 2.24) is 9.80 Å². The Kier molecular flexibility index (Phi) is 4.67. The fourth-order valence-corrected chi connectivity index (χ4v) is 3.13. The van der Waals surface area contributed by atoms with Crippen molar-refractivity contribution >= 4 is 11.6 Å². The van der Waals surface area contributed by atoms with Gasteiger partial charge in [-0.3, -0.25) is 0 Å². The van der Waals surface area contributed by atoms with Crippen LogP contribution in [-0.4, -0.2) is 42.0 Å². The molecule has 128 valence electrons. The number of nitrogens with zero attached hydrogens (tertiary/aromatic N) is 4. The first-order valence-electron chi connectivity index (χ1n) is 8.04. The number of benzene rings is 1. The second-order valence-electron chi connectivity index (χ2n) is 6.22. The van der Waals surface area contributed by atoms with Crippen molar-refractivity contribution in [1.29, 1.82) is 10.5 Å². The van der Waals surface area contributed by atoms with Gasteiger partial charge in [0, 0.05) is 26.2 Å². The second kappa shape index (κ2) is 6.90. The van der Waals surface area contributed by atoms with Crippen LogP contribution in [0.15, 0.2) is 23.8 Å². The van der Waals surface area contributed by atoms with Crippen LogP contribution in [0.2, 0.25) is 0 Å². The molecule has 0 N–H and O–H groups in total. The first-order valence-corrected chi connectivity index (χ1v) is 8.04. The zero-order valence-corrected chi connectivity index (χ0v) is 13.5. The SMILES string of the molecule is N#CC(=C1CCN(C(=O)N2CC(C#N)C2)CC1)c1ccc(F)c(F)c1. The van der Waals surface area contributed by atoms with Gasteiger partial charge in [0.2, 0.25) is 0 Å². The smallest absolute Gasteiger partial charge is 0.320 e. The monoisotopic (exact) mass is 342 g/mol. The van der Waals surface area contributed by atoms with Gasteiger partial charge in [-0.05, 0) is 36.1 Å². The molecule has 2 saturated heterocycles. The summed E-state index contributed by atoms with van der Waals surface area (Å²) in [6, 6.07) is 7.56. The van der Waals surface area contributed by atoms with Crippen LogP contribution in [0.3, 0.4) is 0 Å². The van der Waals surface area contributed by atoms with Crippen molar-refractivity contribution in [2.45, 2.75) is 12.8 Å². The van der Waals surface area contributed by atoms with Crippen LogP contribution in [0.5, 0.6) is 0 Å². The van der Waals surface area contributed by atoms with Crippen LogP contribution in [0.1, 0.15) is 18.4 Å². The van der Waals surface area contributed by atoms with E-state index in [4.69, 9.17) is 5.26 Å². The first kappa shape index (κ1) is 16.9. The Morgan fingerprint density at radius 1 is 1.08 bits per heavy atom. The van der Waals surface area contributed by atoms with Gasteiger partial charge < -0.3 is 9.80 Å².